The van der Waals surface area contributed by atoms with Crippen molar-refractivity contribution in [3.05, 3.63) is 24.3 Å². The van der Waals surface area contributed by atoms with E-state index in [1.807, 2.05) is 12.2 Å². The average molecular weight is 711 g/mol. The van der Waals surface area contributed by atoms with Crippen molar-refractivity contribution in [2.75, 3.05) is 13.2 Å². The van der Waals surface area contributed by atoms with Crippen molar-refractivity contribution in [1.29, 1.82) is 0 Å². The van der Waals surface area contributed by atoms with E-state index in [2.05, 4.69) is 13.8 Å². The predicted molar refractivity (Wildman–Crippen MR) is 199 cm³/mol. The maximum absolute atomic E-state index is 12.1. The van der Waals surface area contributed by atoms with Crippen LogP contribution in [0, 0.1) is 5.92 Å². The SMILES string of the molecule is CCCCCCCCCCCCCCCCCC(=O)OC[C@@H](O)COC(=O)CCC/C=C\C[C@H]1[C@@H](O)CC(O)O[C@@H]1/C=C/[C@@H](O)CCCCC. The molecule has 0 saturated carbocycles. The van der Waals surface area contributed by atoms with Crippen molar-refractivity contribution < 1.29 is 44.2 Å². The molecule has 0 aromatic heterocycles. The third-order valence-electron chi connectivity index (χ3n) is 9.48. The van der Waals surface area contributed by atoms with E-state index in [0.717, 1.165) is 38.5 Å². The van der Waals surface area contributed by atoms with Crippen LogP contribution in [0.4, 0.5) is 0 Å². The van der Waals surface area contributed by atoms with E-state index >= 15 is 0 Å². The van der Waals surface area contributed by atoms with Crippen LogP contribution in [-0.2, 0) is 23.8 Å². The third-order valence-corrected chi connectivity index (χ3v) is 9.48. The molecule has 1 saturated heterocycles. The maximum Gasteiger partial charge on any atom is 0.305 e. The Morgan fingerprint density at radius 3 is 1.76 bits per heavy atom. The van der Waals surface area contributed by atoms with Crippen LogP contribution < -0.4 is 0 Å². The van der Waals surface area contributed by atoms with Gasteiger partial charge in [0, 0.05) is 25.2 Å². The summed E-state index contributed by atoms with van der Waals surface area (Å²) >= 11 is 0. The van der Waals surface area contributed by atoms with Crippen molar-refractivity contribution in [2.45, 2.75) is 205 Å². The van der Waals surface area contributed by atoms with Gasteiger partial charge in [0.2, 0.25) is 0 Å². The quantitative estimate of drug-likeness (QED) is 0.0308. The number of aliphatic hydroxyl groups excluding tert-OH is 4. The Morgan fingerprint density at radius 1 is 0.700 bits per heavy atom. The van der Waals surface area contributed by atoms with Gasteiger partial charge in [-0.2, -0.15) is 0 Å². The molecule has 1 unspecified atom stereocenters. The van der Waals surface area contributed by atoms with E-state index in [0.29, 0.717) is 32.1 Å². The molecule has 0 aromatic carbocycles. The number of rotatable bonds is 32. The summed E-state index contributed by atoms with van der Waals surface area (Å²) in [5, 5.41) is 40.8. The first-order valence-corrected chi connectivity index (χ1v) is 20.3. The smallest absolute Gasteiger partial charge is 0.305 e. The summed E-state index contributed by atoms with van der Waals surface area (Å²) in [6.07, 6.45) is 28.6. The highest BCUT2D eigenvalue weighted by Crippen LogP contribution is 2.29. The second-order valence-electron chi connectivity index (χ2n) is 14.3. The fraction of sp³-hybridized carbons (Fsp3) is 0.854. The highest BCUT2D eigenvalue weighted by Gasteiger charge is 2.35. The molecule has 1 fully saturated rings. The summed E-state index contributed by atoms with van der Waals surface area (Å²) in [6.45, 7) is 3.97. The number of hydrogen-bond acceptors (Lipinski definition) is 9. The number of carbonyl (C=O) groups excluding carboxylic acids is 2. The molecule has 0 radical (unpaired) electrons. The minimum absolute atomic E-state index is 0.137. The van der Waals surface area contributed by atoms with E-state index in [1.54, 1.807) is 12.2 Å². The molecule has 0 spiro atoms. The highest BCUT2D eigenvalue weighted by molar-refractivity contribution is 5.69. The van der Waals surface area contributed by atoms with Gasteiger partial charge in [-0.25, -0.2) is 0 Å². The molecule has 6 atom stereocenters. The van der Waals surface area contributed by atoms with Crippen LogP contribution in [0.1, 0.15) is 174 Å². The van der Waals surface area contributed by atoms with Crippen LogP contribution in [0.25, 0.3) is 0 Å². The van der Waals surface area contributed by atoms with Gasteiger partial charge in [-0.1, -0.05) is 147 Å². The van der Waals surface area contributed by atoms with Gasteiger partial charge in [0.05, 0.1) is 18.3 Å². The van der Waals surface area contributed by atoms with Crippen molar-refractivity contribution >= 4 is 11.9 Å². The number of unbranched alkanes of at least 4 members (excludes halogenated alkanes) is 17. The molecule has 0 amide bonds. The first-order valence-electron chi connectivity index (χ1n) is 20.3. The minimum atomic E-state index is -1.05. The van der Waals surface area contributed by atoms with E-state index in [9.17, 15) is 30.0 Å². The summed E-state index contributed by atoms with van der Waals surface area (Å²) in [4.78, 5) is 24.1. The van der Waals surface area contributed by atoms with E-state index in [4.69, 9.17) is 14.2 Å². The largest absolute Gasteiger partial charge is 0.463 e. The van der Waals surface area contributed by atoms with Crippen molar-refractivity contribution in [2.24, 2.45) is 5.92 Å². The molecule has 0 bridgehead atoms. The molecular formula is C41H74O9. The molecule has 50 heavy (non-hydrogen) atoms. The van der Waals surface area contributed by atoms with Crippen LogP contribution in [0.15, 0.2) is 24.3 Å². The number of carbonyl (C=O) groups is 2. The van der Waals surface area contributed by atoms with Gasteiger partial charge >= 0.3 is 11.9 Å². The van der Waals surface area contributed by atoms with Gasteiger partial charge in [-0.3, -0.25) is 9.59 Å². The zero-order valence-electron chi connectivity index (χ0n) is 31.7. The third kappa shape index (κ3) is 26.1. The molecule has 1 rings (SSSR count). The topological polar surface area (TPSA) is 143 Å². The Balaban J connectivity index is 2.07. The standard InChI is InChI=1S/C41H74O9/c1-3-5-7-8-9-10-11-12-13-14-15-16-17-18-23-27-39(45)48-32-35(43)33-49-40(46)28-24-20-19-22-26-36-37(44)31-41(47)50-38(36)30-29-34(42)25-21-6-4-2/h19,22,29-30,34-38,41-44,47H,3-18,20-21,23-28,31-33H2,1-2H3/b22-19-,30-29+/t34-,35+,36-,37-,38+,41?/m0/s1. The zero-order chi connectivity index (χ0) is 36.7. The van der Waals surface area contributed by atoms with Crippen LogP contribution in [-0.4, -0.2) is 76.3 Å². The lowest BCUT2D eigenvalue weighted by Gasteiger charge is -2.36. The highest BCUT2D eigenvalue weighted by atomic mass is 16.6. The molecule has 4 N–H and O–H groups in total. The summed E-state index contributed by atoms with van der Waals surface area (Å²) in [5.41, 5.74) is 0. The van der Waals surface area contributed by atoms with Crippen LogP contribution in [0.5, 0.6) is 0 Å². The van der Waals surface area contributed by atoms with Gasteiger partial charge in [-0.15, -0.1) is 0 Å². The van der Waals surface area contributed by atoms with Gasteiger partial charge in [-0.05, 0) is 32.1 Å². The lowest BCUT2D eigenvalue weighted by Crippen LogP contribution is -2.43. The maximum atomic E-state index is 12.1. The second kappa shape index (κ2) is 31.9. The number of ether oxygens (including phenoxy) is 3. The Labute approximate surface area is 304 Å². The lowest BCUT2D eigenvalue weighted by molar-refractivity contribution is -0.199. The lowest BCUT2D eigenvalue weighted by atomic mass is 9.87. The second-order valence-corrected chi connectivity index (χ2v) is 14.3. The van der Waals surface area contributed by atoms with Crippen LogP contribution in [0.2, 0.25) is 0 Å². The number of aliphatic hydroxyl groups is 4. The number of esters is 2. The fourth-order valence-corrected chi connectivity index (χ4v) is 6.30. The average Bonchev–Trinajstić information content (AvgIpc) is 3.09. The number of allylic oxidation sites excluding steroid dienone is 2. The molecule has 9 nitrogen and oxygen atoms in total. The van der Waals surface area contributed by atoms with Crippen LogP contribution in [0.3, 0.4) is 0 Å². The summed E-state index contributed by atoms with van der Waals surface area (Å²) in [5.74, 6) is -1.00. The van der Waals surface area contributed by atoms with Crippen molar-refractivity contribution in [1.82, 2.24) is 0 Å². The molecule has 1 aliphatic heterocycles. The van der Waals surface area contributed by atoms with Gasteiger partial charge in [0.15, 0.2) is 6.29 Å². The molecule has 1 aliphatic rings. The predicted octanol–water partition coefficient (Wildman–Crippen LogP) is 8.39. The Bertz CT molecular complexity index is 876. The normalized spacial score (nSPS) is 20.8. The minimum Gasteiger partial charge on any atom is -0.463 e. The molecule has 0 aliphatic carbocycles. The Kier molecular flexibility index (Phi) is 29.5. The zero-order valence-corrected chi connectivity index (χ0v) is 31.7. The Morgan fingerprint density at radius 2 is 1.20 bits per heavy atom. The number of hydrogen-bond donors (Lipinski definition) is 4. The fourth-order valence-electron chi connectivity index (χ4n) is 6.30. The van der Waals surface area contributed by atoms with Gasteiger partial charge in [0.1, 0.15) is 19.3 Å². The van der Waals surface area contributed by atoms with Gasteiger partial charge in [0.25, 0.3) is 0 Å². The molecule has 9 heteroatoms. The van der Waals surface area contributed by atoms with E-state index in [-0.39, 0.29) is 37.9 Å². The van der Waals surface area contributed by atoms with E-state index < -0.39 is 36.7 Å². The molecule has 292 valence electrons. The van der Waals surface area contributed by atoms with Gasteiger partial charge < -0.3 is 34.6 Å². The van der Waals surface area contributed by atoms with Crippen molar-refractivity contribution in [3.63, 3.8) is 0 Å². The Hall–Kier alpha value is -1.78. The monoisotopic (exact) mass is 711 g/mol. The van der Waals surface area contributed by atoms with Crippen LogP contribution >= 0.6 is 0 Å². The first kappa shape index (κ1) is 46.2. The molecule has 1 heterocycles. The summed E-state index contributed by atoms with van der Waals surface area (Å²) < 4.78 is 15.9. The molecular weight excluding hydrogens is 636 g/mol. The van der Waals surface area contributed by atoms with Crippen molar-refractivity contribution in [3.8, 4) is 0 Å². The van der Waals surface area contributed by atoms with E-state index in [1.165, 1.54) is 77.0 Å². The first-order chi connectivity index (χ1) is 24.3. The summed E-state index contributed by atoms with van der Waals surface area (Å²) in [6, 6.07) is 0. The molecule has 0 aromatic rings. The summed E-state index contributed by atoms with van der Waals surface area (Å²) in [7, 11) is 0.